The Bertz CT molecular complexity index is 1040. The maximum absolute atomic E-state index is 13.0. The van der Waals surface area contributed by atoms with Gasteiger partial charge in [-0.1, -0.05) is 18.2 Å². The molecule has 0 saturated heterocycles. The highest BCUT2D eigenvalue weighted by Crippen LogP contribution is 2.28. The second kappa shape index (κ2) is 10.4. The van der Waals surface area contributed by atoms with Gasteiger partial charge in [0.25, 0.3) is 5.91 Å². The number of amides is 1. The van der Waals surface area contributed by atoms with Crippen LogP contribution in [0, 0.1) is 0 Å². The number of carbonyl (C=O) groups excluding carboxylic acids is 1. The van der Waals surface area contributed by atoms with Gasteiger partial charge in [-0.15, -0.1) is 0 Å². The van der Waals surface area contributed by atoms with Crippen molar-refractivity contribution in [3.63, 3.8) is 0 Å². The Morgan fingerprint density at radius 3 is 2.10 bits per heavy atom. The molecule has 0 bridgehead atoms. The zero-order chi connectivity index (χ0) is 22.2. The SMILES string of the molecule is CCN(CC)C(=O)c1ccc(OC)cc1N=C(C)c1ccc(Oc2ccccc2)cc1. The fourth-order valence-corrected chi connectivity index (χ4v) is 3.23. The van der Waals surface area contributed by atoms with Crippen LogP contribution in [0.1, 0.15) is 36.7 Å². The fourth-order valence-electron chi connectivity index (χ4n) is 3.23. The standard InChI is InChI=1S/C26H28N2O3/c1-5-28(6-2)26(29)24-17-16-23(30-4)18-25(24)27-19(3)20-12-14-22(15-13-20)31-21-10-8-7-9-11-21/h7-18H,5-6H2,1-4H3. The molecule has 31 heavy (non-hydrogen) atoms. The molecule has 3 rings (SSSR count). The summed E-state index contributed by atoms with van der Waals surface area (Å²) in [4.78, 5) is 19.5. The molecule has 0 saturated carbocycles. The van der Waals surface area contributed by atoms with E-state index in [1.54, 1.807) is 30.2 Å². The number of para-hydroxylation sites is 1. The third kappa shape index (κ3) is 5.51. The van der Waals surface area contributed by atoms with Gasteiger partial charge in [0.1, 0.15) is 17.2 Å². The first-order valence-corrected chi connectivity index (χ1v) is 10.4. The molecule has 160 valence electrons. The summed E-state index contributed by atoms with van der Waals surface area (Å²) in [5, 5.41) is 0. The molecule has 0 radical (unpaired) electrons. The van der Waals surface area contributed by atoms with Crippen LogP contribution in [0.3, 0.4) is 0 Å². The largest absolute Gasteiger partial charge is 0.497 e. The Balaban J connectivity index is 1.88. The molecule has 1 amide bonds. The van der Waals surface area contributed by atoms with Gasteiger partial charge in [-0.05, 0) is 74.9 Å². The normalized spacial score (nSPS) is 11.2. The minimum atomic E-state index is -0.0363. The van der Waals surface area contributed by atoms with Crippen molar-refractivity contribution in [2.24, 2.45) is 4.99 Å². The van der Waals surface area contributed by atoms with E-state index in [-0.39, 0.29) is 5.91 Å². The van der Waals surface area contributed by atoms with Crippen LogP contribution in [0.4, 0.5) is 5.69 Å². The van der Waals surface area contributed by atoms with Gasteiger partial charge in [-0.25, -0.2) is 0 Å². The number of hydrogen-bond donors (Lipinski definition) is 0. The molecule has 0 N–H and O–H groups in total. The van der Waals surface area contributed by atoms with Crippen molar-refractivity contribution in [1.29, 1.82) is 0 Å². The van der Waals surface area contributed by atoms with Gasteiger partial charge in [0.15, 0.2) is 0 Å². The number of methoxy groups -OCH3 is 1. The number of nitrogens with zero attached hydrogens (tertiary/aromatic N) is 2. The van der Waals surface area contributed by atoms with Crippen molar-refractivity contribution in [1.82, 2.24) is 4.90 Å². The van der Waals surface area contributed by atoms with E-state index in [4.69, 9.17) is 14.5 Å². The van der Waals surface area contributed by atoms with E-state index in [2.05, 4.69) is 0 Å². The lowest BCUT2D eigenvalue weighted by Crippen LogP contribution is -2.30. The summed E-state index contributed by atoms with van der Waals surface area (Å²) in [7, 11) is 1.60. The molecule has 0 spiro atoms. The number of carbonyl (C=O) groups is 1. The van der Waals surface area contributed by atoms with Gasteiger partial charge in [0, 0.05) is 24.9 Å². The van der Waals surface area contributed by atoms with Crippen LogP contribution in [0.2, 0.25) is 0 Å². The van der Waals surface area contributed by atoms with Crippen LogP contribution in [0.15, 0.2) is 77.8 Å². The van der Waals surface area contributed by atoms with Crippen molar-refractivity contribution >= 4 is 17.3 Å². The lowest BCUT2D eigenvalue weighted by atomic mass is 10.1. The van der Waals surface area contributed by atoms with E-state index in [0.717, 1.165) is 22.8 Å². The molecule has 3 aromatic carbocycles. The van der Waals surface area contributed by atoms with Crippen molar-refractivity contribution < 1.29 is 14.3 Å². The molecule has 0 heterocycles. The smallest absolute Gasteiger partial charge is 0.256 e. The second-order valence-electron chi connectivity index (χ2n) is 7.00. The monoisotopic (exact) mass is 416 g/mol. The summed E-state index contributed by atoms with van der Waals surface area (Å²) < 4.78 is 11.2. The van der Waals surface area contributed by atoms with Crippen molar-refractivity contribution in [3.05, 3.63) is 83.9 Å². The number of hydrogen-bond acceptors (Lipinski definition) is 4. The summed E-state index contributed by atoms with van der Waals surface area (Å²) in [6, 6.07) is 22.8. The topological polar surface area (TPSA) is 51.1 Å². The van der Waals surface area contributed by atoms with Crippen LogP contribution in [-0.2, 0) is 0 Å². The van der Waals surface area contributed by atoms with Crippen LogP contribution in [0.25, 0.3) is 0 Å². The van der Waals surface area contributed by atoms with Crippen LogP contribution >= 0.6 is 0 Å². The fraction of sp³-hybridized carbons (Fsp3) is 0.231. The third-order valence-electron chi connectivity index (χ3n) is 5.03. The van der Waals surface area contributed by atoms with Crippen LogP contribution in [-0.4, -0.2) is 36.7 Å². The van der Waals surface area contributed by atoms with Gasteiger partial charge >= 0.3 is 0 Å². The Labute approximate surface area is 184 Å². The molecule has 0 aliphatic heterocycles. The maximum atomic E-state index is 13.0. The van der Waals surface area contributed by atoms with Gasteiger partial charge in [0.2, 0.25) is 0 Å². The number of aliphatic imine (C=N–C) groups is 1. The van der Waals surface area contributed by atoms with E-state index < -0.39 is 0 Å². The Morgan fingerprint density at radius 1 is 0.871 bits per heavy atom. The zero-order valence-corrected chi connectivity index (χ0v) is 18.5. The van der Waals surface area contributed by atoms with Crippen LogP contribution in [0.5, 0.6) is 17.2 Å². The molecule has 0 aromatic heterocycles. The lowest BCUT2D eigenvalue weighted by molar-refractivity contribution is 0.0774. The summed E-state index contributed by atoms with van der Waals surface area (Å²) in [5.74, 6) is 2.16. The molecular weight excluding hydrogens is 388 g/mol. The van der Waals surface area contributed by atoms with Gasteiger partial charge < -0.3 is 14.4 Å². The molecule has 5 nitrogen and oxygen atoms in total. The highest BCUT2D eigenvalue weighted by atomic mass is 16.5. The molecule has 0 fully saturated rings. The van der Waals surface area contributed by atoms with Crippen molar-refractivity contribution in [3.8, 4) is 17.2 Å². The number of rotatable bonds is 8. The van der Waals surface area contributed by atoms with Crippen molar-refractivity contribution in [2.45, 2.75) is 20.8 Å². The summed E-state index contributed by atoms with van der Waals surface area (Å²) in [6.07, 6.45) is 0. The molecule has 3 aromatic rings. The summed E-state index contributed by atoms with van der Waals surface area (Å²) in [5.41, 5.74) is 2.91. The van der Waals surface area contributed by atoms with Gasteiger partial charge in [-0.2, -0.15) is 0 Å². The first-order chi connectivity index (χ1) is 15.0. The summed E-state index contributed by atoms with van der Waals surface area (Å²) >= 11 is 0. The minimum Gasteiger partial charge on any atom is -0.497 e. The van der Waals surface area contributed by atoms with Gasteiger partial charge in [-0.3, -0.25) is 9.79 Å². The van der Waals surface area contributed by atoms with Gasteiger partial charge in [0.05, 0.1) is 18.4 Å². The Morgan fingerprint density at radius 2 is 1.48 bits per heavy atom. The molecule has 0 aliphatic rings. The molecule has 5 heteroatoms. The number of ether oxygens (including phenoxy) is 2. The predicted octanol–water partition coefficient (Wildman–Crippen LogP) is 6.11. The van der Waals surface area contributed by atoms with E-state index in [1.807, 2.05) is 75.4 Å². The first kappa shape index (κ1) is 22.1. The van der Waals surface area contributed by atoms with E-state index in [0.29, 0.717) is 30.1 Å². The number of benzene rings is 3. The van der Waals surface area contributed by atoms with Crippen LogP contribution < -0.4 is 9.47 Å². The Hall–Kier alpha value is -3.60. The second-order valence-corrected chi connectivity index (χ2v) is 7.00. The average molecular weight is 417 g/mol. The molecule has 0 unspecified atom stereocenters. The Kier molecular flexibility index (Phi) is 7.44. The predicted molar refractivity (Wildman–Crippen MR) is 125 cm³/mol. The first-order valence-electron chi connectivity index (χ1n) is 10.4. The van der Waals surface area contributed by atoms with Crippen molar-refractivity contribution in [2.75, 3.05) is 20.2 Å². The third-order valence-corrected chi connectivity index (χ3v) is 5.03. The zero-order valence-electron chi connectivity index (χ0n) is 18.5. The minimum absolute atomic E-state index is 0.0363. The lowest BCUT2D eigenvalue weighted by Gasteiger charge is -2.20. The molecule has 0 atom stereocenters. The van der Waals surface area contributed by atoms with E-state index >= 15 is 0 Å². The maximum Gasteiger partial charge on any atom is 0.256 e. The molecule has 0 aliphatic carbocycles. The quantitative estimate of drug-likeness (QED) is 0.416. The average Bonchev–Trinajstić information content (AvgIpc) is 2.80. The highest BCUT2D eigenvalue weighted by molar-refractivity contribution is 6.04. The van der Waals surface area contributed by atoms with E-state index in [9.17, 15) is 4.79 Å². The summed E-state index contributed by atoms with van der Waals surface area (Å²) in [6.45, 7) is 7.16. The molecular formula is C26H28N2O3. The van der Waals surface area contributed by atoms with E-state index in [1.165, 1.54) is 0 Å². The highest BCUT2D eigenvalue weighted by Gasteiger charge is 2.17.